The lowest BCUT2D eigenvalue weighted by Gasteiger charge is -2.23. The summed E-state index contributed by atoms with van der Waals surface area (Å²) in [5.74, 6) is -2.01. The normalized spacial score (nSPS) is 10.4. The Labute approximate surface area is 126 Å². The summed E-state index contributed by atoms with van der Waals surface area (Å²) in [6.07, 6.45) is 0.776. The molecule has 0 saturated heterocycles. The van der Waals surface area contributed by atoms with Gasteiger partial charge in [0.2, 0.25) is 0 Å². The monoisotopic (exact) mass is 295 g/mol. The average Bonchev–Trinajstić information content (AvgIpc) is 2.34. The molecule has 0 amide bonds. The number of hydrogen-bond acceptors (Lipinski definition) is 3. The lowest BCUT2D eigenvalue weighted by Crippen LogP contribution is -2.33. The highest BCUT2D eigenvalue weighted by atomic mass is 16.4. The number of carbonyl (C=O) groups excluding carboxylic acids is 1. The predicted octanol–water partition coefficient (Wildman–Crippen LogP) is 1.27. The van der Waals surface area contributed by atoms with Gasteiger partial charge in [-0.05, 0) is 19.3 Å². The second-order valence-electron chi connectivity index (χ2n) is 5.91. The maximum atomic E-state index is 9.88. The molecule has 0 heterocycles. The number of benzene rings is 1. The Balaban J connectivity index is 0.000000384. The van der Waals surface area contributed by atoms with Crippen LogP contribution in [-0.4, -0.2) is 42.7 Å². The van der Waals surface area contributed by atoms with E-state index >= 15 is 0 Å². The molecule has 5 heteroatoms. The van der Waals surface area contributed by atoms with Crippen LogP contribution in [0, 0.1) is 0 Å². The summed E-state index contributed by atoms with van der Waals surface area (Å²) >= 11 is 0. The zero-order chi connectivity index (χ0) is 16.3. The second-order valence-corrected chi connectivity index (χ2v) is 5.91. The molecular formula is C16H25NO4. The van der Waals surface area contributed by atoms with Gasteiger partial charge in [-0.15, -0.1) is 0 Å². The molecule has 1 aromatic carbocycles. The van der Waals surface area contributed by atoms with E-state index < -0.39 is 11.9 Å². The fraction of sp³-hybridized carbons (Fsp3) is 0.500. The standard InChI is InChI=1S/C10H16N.C6H10O4/c1-11(2,3)9-10-7-5-4-6-8-10;7-5(8)3-1-2-4-6(9)10/h4-8H,9H2,1-3H3;1-4H2,(H,7,8)(H,9,10)/q+1;/p-1. The SMILES string of the molecule is C[N+](C)(C)Cc1ccccc1.O=C([O-])CCCCC(=O)O. The molecule has 0 radical (unpaired) electrons. The first-order valence-electron chi connectivity index (χ1n) is 6.97. The van der Waals surface area contributed by atoms with Gasteiger partial charge in [0.15, 0.2) is 0 Å². The highest BCUT2D eigenvalue weighted by molar-refractivity contribution is 5.67. The van der Waals surface area contributed by atoms with Gasteiger partial charge in [-0.25, -0.2) is 0 Å². The number of carboxylic acids is 2. The molecule has 0 spiro atoms. The zero-order valence-electron chi connectivity index (χ0n) is 13.0. The number of unbranched alkanes of at least 4 members (excludes halogenated alkanes) is 1. The maximum absolute atomic E-state index is 9.88. The fourth-order valence-electron chi connectivity index (χ4n) is 1.68. The van der Waals surface area contributed by atoms with E-state index in [1.807, 2.05) is 0 Å². The number of carbonyl (C=O) groups is 2. The molecule has 0 fully saturated rings. The highest BCUT2D eigenvalue weighted by Gasteiger charge is 2.06. The molecule has 0 unspecified atom stereocenters. The van der Waals surface area contributed by atoms with Crippen LogP contribution in [0.1, 0.15) is 31.2 Å². The van der Waals surface area contributed by atoms with E-state index in [0.717, 1.165) is 11.0 Å². The summed E-state index contributed by atoms with van der Waals surface area (Å²) in [5.41, 5.74) is 1.40. The molecule has 0 aromatic heterocycles. The molecule has 21 heavy (non-hydrogen) atoms. The van der Waals surface area contributed by atoms with Gasteiger partial charge in [0, 0.05) is 18.0 Å². The Bertz CT molecular complexity index is 408. The van der Waals surface area contributed by atoms with Crippen molar-refractivity contribution in [2.75, 3.05) is 21.1 Å². The number of nitrogens with zero attached hydrogens (tertiary/aromatic N) is 1. The van der Waals surface area contributed by atoms with Crippen LogP contribution in [0.3, 0.4) is 0 Å². The minimum Gasteiger partial charge on any atom is -0.550 e. The van der Waals surface area contributed by atoms with Crippen LogP contribution in [0.15, 0.2) is 30.3 Å². The number of hydrogen-bond donors (Lipinski definition) is 1. The van der Waals surface area contributed by atoms with Crippen LogP contribution in [0.2, 0.25) is 0 Å². The number of rotatable bonds is 7. The Kier molecular flexibility index (Phi) is 9.05. The predicted molar refractivity (Wildman–Crippen MR) is 79.3 cm³/mol. The third-order valence-corrected chi connectivity index (χ3v) is 2.52. The van der Waals surface area contributed by atoms with Crippen molar-refractivity contribution >= 4 is 11.9 Å². The van der Waals surface area contributed by atoms with Crippen molar-refractivity contribution in [3.63, 3.8) is 0 Å². The maximum Gasteiger partial charge on any atom is 0.303 e. The van der Waals surface area contributed by atoms with Crippen molar-refractivity contribution in [1.82, 2.24) is 0 Å². The number of carboxylic acid groups (broad SMARTS) is 2. The van der Waals surface area contributed by atoms with Crippen molar-refractivity contribution in [1.29, 1.82) is 0 Å². The van der Waals surface area contributed by atoms with Crippen LogP contribution in [-0.2, 0) is 16.1 Å². The molecule has 1 aromatic rings. The highest BCUT2D eigenvalue weighted by Crippen LogP contribution is 2.05. The van der Waals surface area contributed by atoms with Gasteiger partial charge in [-0.3, -0.25) is 4.79 Å². The van der Waals surface area contributed by atoms with Crippen molar-refractivity contribution in [2.24, 2.45) is 0 Å². The van der Waals surface area contributed by atoms with Crippen LogP contribution in [0.25, 0.3) is 0 Å². The van der Waals surface area contributed by atoms with Gasteiger partial charge in [-0.2, -0.15) is 0 Å². The van der Waals surface area contributed by atoms with E-state index in [1.54, 1.807) is 0 Å². The van der Waals surface area contributed by atoms with Gasteiger partial charge in [0.1, 0.15) is 6.54 Å². The molecule has 0 aliphatic rings. The molecule has 0 aliphatic heterocycles. The smallest absolute Gasteiger partial charge is 0.303 e. The second kappa shape index (κ2) is 9.94. The van der Waals surface area contributed by atoms with E-state index in [-0.39, 0.29) is 12.8 Å². The van der Waals surface area contributed by atoms with Crippen molar-refractivity contribution < 1.29 is 24.3 Å². The van der Waals surface area contributed by atoms with Gasteiger partial charge in [0.05, 0.1) is 21.1 Å². The number of aliphatic carboxylic acids is 2. The molecule has 5 nitrogen and oxygen atoms in total. The summed E-state index contributed by atoms with van der Waals surface area (Å²) in [7, 11) is 6.60. The number of quaternary nitrogens is 1. The topological polar surface area (TPSA) is 77.4 Å². The third kappa shape index (κ3) is 14.3. The molecule has 1 N–H and O–H groups in total. The van der Waals surface area contributed by atoms with Crippen molar-refractivity contribution in [2.45, 2.75) is 32.2 Å². The quantitative estimate of drug-likeness (QED) is 0.607. The van der Waals surface area contributed by atoms with E-state index in [9.17, 15) is 14.7 Å². The summed E-state index contributed by atoms with van der Waals surface area (Å²) < 4.78 is 0.990. The Morgan fingerprint density at radius 1 is 1.05 bits per heavy atom. The zero-order valence-corrected chi connectivity index (χ0v) is 13.0. The largest absolute Gasteiger partial charge is 0.550 e. The molecule has 0 saturated carbocycles. The molecule has 1 rings (SSSR count). The Morgan fingerprint density at radius 2 is 1.57 bits per heavy atom. The first kappa shape index (κ1) is 19.1. The lowest BCUT2D eigenvalue weighted by atomic mass is 10.2. The Morgan fingerprint density at radius 3 is 2.00 bits per heavy atom. The van der Waals surface area contributed by atoms with Crippen LogP contribution in [0.5, 0.6) is 0 Å². The summed E-state index contributed by atoms with van der Waals surface area (Å²) in [5, 5.41) is 17.9. The molecule has 0 atom stereocenters. The third-order valence-electron chi connectivity index (χ3n) is 2.52. The van der Waals surface area contributed by atoms with Crippen LogP contribution < -0.4 is 5.11 Å². The van der Waals surface area contributed by atoms with Crippen molar-refractivity contribution in [3.8, 4) is 0 Å². The van der Waals surface area contributed by atoms with Gasteiger partial charge in [0.25, 0.3) is 0 Å². The lowest BCUT2D eigenvalue weighted by molar-refractivity contribution is -0.884. The Hall–Kier alpha value is -1.88. The summed E-state index contributed by atoms with van der Waals surface area (Å²) in [6.45, 7) is 1.10. The summed E-state index contributed by atoms with van der Waals surface area (Å²) in [6, 6.07) is 10.6. The van der Waals surface area contributed by atoms with Crippen LogP contribution in [0.4, 0.5) is 0 Å². The van der Waals surface area contributed by atoms with E-state index in [2.05, 4.69) is 51.5 Å². The van der Waals surface area contributed by atoms with Crippen LogP contribution >= 0.6 is 0 Å². The van der Waals surface area contributed by atoms with Gasteiger partial charge >= 0.3 is 5.97 Å². The van der Waals surface area contributed by atoms with Gasteiger partial charge in [-0.1, -0.05) is 30.3 Å². The van der Waals surface area contributed by atoms with Crippen molar-refractivity contribution in [3.05, 3.63) is 35.9 Å². The van der Waals surface area contributed by atoms with E-state index in [1.165, 1.54) is 5.56 Å². The fourth-order valence-corrected chi connectivity index (χ4v) is 1.68. The van der Waals surface area contributed by atoms with E-state index in [4.69, 9.17) is 5.11 Å². The first-order chi connectivity index (χ1) is 9.70. The average molecular weight is 295 g/mol. The molecule has 0 bridgehead atoms. The molecule has 118 valence electrons. The minimum absolute atomic E-state index is 0.0350. The van der Waals surface area contributed by atoms with Gasteiger partial charge < -0.3 is 19.5 Å². The van der Waals surface area contributed by atoms with E-state index in [0.29, 0.717) is 12.8 Å². The molecule has 0 aliphatic carbocycles. The minimum atomic E-state index is -1.12. The first-order valence-corrected chi connectivity index (χ1v) is 6.97. The summed E-state index contributed by atoms with van der Waals surface area (Å²) in [4.78, 5) is 19.7. The molecular weight excluding hydrogens is 270 g/mol.